The molecule has 0 atom stereocenters. The molecule has 0 saturated carbocycles. The van der Waals surface area contributed by atoms with E-state index < -0.39 is 0 Å². The number of halogens is 1. The lowest BCUT2D eigenvalue weighted by Gasteiger charge is -2.06. The van der Waals surface area contributed by atoms with E-state index in [2.05, 4.69) is 10.4 Å². The molecular weight excluding hydrogens is 272 g/mol. The molecule has 4 nitrogen and oxygen atoms in total. The van der Waals surface area contributed by atoms with E-state index in [4.69, 9.17) is 22.4 Å². The second-order valence-electron chi connectivity index (χ2n) is 4.43. The van der Waals surface area contributed by atoms with Crippen LogP contribution in [0, 0.1) is 0 Å². The van der Waals surface area contributed by atoms with E-state index in [1.54, 1.807) is 0 Å². The topological polar surface area (TPSA) is 62.8 Å². The number of nitrogens with zero attached hydrogens (tertiary/aromatic N) is 2. The second-order valence-corrected chi connectivity index (χ2v) is 4.87. The molecule has 0 aromatic heterocycles. The molecule has 0 unspecified atom stereocenters. The maximum Gasteiger partial charge on any atom is 0.122 e. The molecule has 0 bridgehead atoms. The highest BCUT2D eigenvalue weighted by Gasteiger charge is 2.13. The molecule has 20 heavy (non-hydrogen) atoms. The van der Waals surface area contributed by atoms with Crippen LogP contribution in [0.4, 0.5) is 11.4 Å². The van der Waals surface area contributed by atoms with E-state index >= 15 is 0 Å². The van der Waals surface area contributed by atoms with Crippen LogP contribution in [0.5, 0.6) is 0 Å². The molecule has 1 aliphatic rings. The number of hydrazine groups is 1. The van der Waals surface area contributed by atoms with Crippen LogP contribution in [0.1, 0.15) is 12.0 Å². The van der Waals surface area contributed by atoms with Gasteiger partial charge < -0.3 is 5.43 Å². The van der Waals surface area contributed by atoms with Crippen molar-refractivity contribution in [3.8, 4) is 0 Å². The number of para-hydroxylation sites is 2. The fourth-order valence-corrected chi connectivity index (χ4v) is 2.20. The van der Waals surface area contributed by atoms with E-state index in [0.717, 1.165) is 22.6 Å². The number of nitrogens with two attached hydrogens (primary N) is 1. The zero-order valence-corrected chi connectivity index (χ0v) is 11.4. The summed E-state index contributed by atoms with van der Waals surface area (Å²) in [5.74, 6) is 6.22. The highest BCUT2D eigenvalue weighted by molar-refractivity contribution is 6.30. The highest BCUT2D eigenvalue weighted by atomic mass is 35.5. The van der Waals surface area contributed by atoms with E-state index in [-0.39, 0.29) is 0 Å². The van der Waals surface area contributed by atoms with Crippen molar-refractivity contribution in [3.63, 3.8) is 0 Å². The summed E-state index contributed by atoms with van der Waals surface area (Å²) in [5, 5.41) is 0.703. The van der Waals surface area contributed by atoms with Crippen LogP contribution in [-0.4, -0.2) is 11.5 Å². The maximum absolute atomic E-state index is 5.92. The van der Waals surface area contributed by atoms with Gasteiger partial charge in [0.15, 0.2) is 0 Å². The smallest absolute Gasteiger partial charge is 0.122 e. The predicted octanol–water partition coefficient (Wildman–Crippen LogP) is 3.36. The average Bonchev–Trinajstić information content (AvgIpc) is 2.67. The molecule has 0 amide bonds. The summed E-state index contributed by atoms with van der Waals surface area (Å²) < 4.78 is 0. The van der Waals surface area contributed by atoms with Gasteiger partial charge in [0.2, 0.25) is 0 Å². The number of rotatable bonds is 1. The first-order valence-electron chi connectivity index (χ1n) is 6.23. The van der Waals surface area contributed by atoms with Gasteiger partial charge in [0.05, 0.1) is 17.1 Å². The molecular formula is C15H13ClN4. The lowest BCUT2D eigenvalue weighted by atomic mass is 10.1. The zero-order valence-electron chi connectivity index (χ0n) is 10.7. The Morgan fingerprint density at radius 3 is 2.25 bits per heavy atom. The molecule has 2 aromatic carbocycles. The number of hydrogen-bond acceptors (Lipinski definition) is 4. The number of hydrogen-bond donors (Lipinski definition) is 2. The van der Waals surface area contributed by atoms with Crippen molar-refractivity contribution < 1.29 is 0 Å². The minimum atomic E-state index is 0.548. The van der Waals surface area contributed by atoms with Gasteiger partial charge in [-0.2, -0.15) is 0 Å². The van der Waals surface area contributed by atoms with Gasteiger partial charge in [-0.3, -0.25) is 4.99 Å². The van der Waals surface area contributed by atoms with Crippen LogP contribution in [0.25, 0.3) is 0 Å². The summed E-state index contributed by atoms with van der Waals surface area (Å²) in [7, 11) is 0. The predicted molar refractivity (Wildman–Crippen MR) is 83.1 cm³/mol. The van der Waals surface area contributed by atoms with E-state index in [9.17, 15) is 0 Å². The van der Waals surface area contributed by atoms with Crippen molar-refractivity contribution in [1.29, 1.82) is 0 Å². The number of aliphatic imine (C=N–C) groups is 2. The third-order valence-corrected chi connectivity index (χ3v) is 3.32. The van der Waals surface area contributed by atoms with Gasteiger partial charge in [-0.25, -0.2) is 10.8 Å². The van der Waals surface area contributed by atoms with Crippen LogP contribution < -0.4 is 11.3 Å². The van der Waals surface area contributed by atoms with Crippen molar-refractivity contribution in [2.45, 2.75) is 6.42 Å². The van der Waals surface area contributed by atoms with Gasteiger partial charge in [0.1, 0.15) is 5.84 Å². The number of nitrogens with one attached hydrogen (secondary N) is 1. The summed E-state index contributed by atoms with van der Waals surface area (Å²) in [6, 6.07) is 15.3. The lowest BCUT2D eigenvalue weighted by molar-refractivity contribution is 1.00. The van der Waals surface area contributed by atoms with Gasteiger partial charge in [0.25, 0.3) is 0 Å². The summed E-state index contributed by atoms with van der Waals surface area (Å²) >= 11 is 5.92. The van der Waals surface area contributed by atoms with Crippen molar-refractivity contribution in [1.82, 2.24) is 5.43 Å². The van der Waals surface area contributed by atoms with Crippen molar-refractivity contribution in [2.75, 3.05) is 0 Å². The van der Waals surface area contributed by atoms with Gasteiger partial charge in [-0.1, -0.05) is 35.9 Å². The Balaban J connectivity index is 2.10. The Bertz CT molecular complexity index is 689. The van der Waals surface area contributed by atoms with Crippen LogP contribution in [0.3, 0.4) is 0 Å². The van der Waals surface area contributed by atoms with Gasteiger partial charge in [0, 0.05) is 11.4 Å². The molecule has 3 N–H and O–H groups in total. The fraction of sp³-hybridized carbons (Fsp3) is 0.0667. The Morgan fingerprint density at radius 1 is 0.950 bits per heavy atom. The highest BCUT2D eigenvalue weighted by Crippen LogP contribution is 2.31. The standard InChI is InChI=1S/C15H13ClN4/c16-11-7-5-10(6-8-11)14-9-15(20-17)19-13-4-2-1-3-12(13)18-14/h1-8H,9,17H2,(H,19,20). The normalized spacial score (nSPS) is 13.9. The molecule has 0 saturated heterocycles. The third kappa shape index (κ3) is 2.57. The van der Waals surface area contributed by atoms with Crippen molar-refractivity contribution in [2.24, 2.45) is 15.8 Å². The van der Waals surface area contributed by atoms with E-state index in [1.165, 1.54) is 0 Å². The number of fused-ring (bicyclic) bond motifs is 1. The Hall–Kier alpha value is -2.17. The quantitative estimate of drug-likeness (QED) is 0.623. The van der Waals surface area contributed by atoms with Crippen LogP contribution >= 0.6 is 11.6 Å². The summed E-state index contributed by atoms with van der Waals surface area (Å²) in [6.45, 7) is 0. The van der Waals surface area contributed by atoms with Gasteiger partial charge >= 0.3 is 0 Å². The molecule has 1 heterocycles. The largest absolute Gasteiger partial charge is 0.312 e. The zero-order chi connectivity index (χ0) is 13.9. The maximum atomic E-state index is 5.92. The average molecular weight is 285 g/mol. The second kappa shape index (κ2) is 5.45. The van der Waals surface area contributed by atoms with Crippen LogP contribution in [0.2, 0.25) is 5.02 Å². The monoisotopic (exact) mass is 284 g/mol. The Labute approximate surface area is 122 Å². The van der Waals surface area contributed by atoms with Gasteiger partial charge in [-0.15, -0.1) is 0 Å². The van der Waals surface area contributed by atoms with E-state index in [0.29, 0.717) is 17.3 Å². The molecule has 0 radical (unpaired) electrons. The van der Waals surface area contributed by atoms with Gasteiger partial charge in [-0.05, 0) is 29.8 Å². The molecule has 0 aliphatic carbocycles. The van der Waals surface area contributed by atoms with Crippen LogP contribution in [0.15, 0.2) is 58.5 Å². The number of benzene rings is 2. The minimum Gasteiger partial charge on any atom is -0.312 e. The molecule has 1 aliphatic heterocycles. The summed E-state index contributed by atoms with van der Waals surface area (Å²) in [6.07, 6.45) is 0.548. The summed E-state index contributed by atoms with van der Waals surface area (Å²) in [5.41, 5.74) is 6.20. The first kappa shape index (κ1) is 12.8. The Kier molecular flexibility index (Phi) is 3.50. The first-order valence-corrected chi connectivity index (χ1v) is 6.61. The van der Waals surface area contributed by atoms with Crippen LogP contribution in [-0.2, 0) is 0 Å². The Morgan fingerprint density at radius 2 is 1.60 bits per heavy atom. The van der Waals surface area contributed by atoms with Crippen molar-refractivity contribution >= 4 is 34.5 Å². The lowest BCUT2D eigenvalue weighted by Crippen LogP contribution is -2.31. The van der Waals surface area contributed by atoms with Crippen molar-refractivity contribution in [3.05, 3.63) is 59.1 Å². The molecule has 3 rings (SSSR count). The molecule has 100 valence electrons. The number of amidine groups is 1. The molecule has 2 aromatic rings. The minimum absolute atomic E-state index is 0.548. The molecule has 0 spiro atoms. The molecule has 5 heteroatoms. The first-order chi connectivity index (χ1) is 9.76. The SMILES string of the molecule is NNC1=Nc2ccccc2N=C(c2ccc(Cl)cc2)C1. The fourth-order valence-electron chi connectivity index (χ4n) is 2.07. The third-order valence-electron chi connectivity index (χ3n) is 3.07. The summed E-state index contributed by atoms with van der Waals surface area (Å²) in [4.78, 5) is 9.19. The molecule has 0 fully saturated rings. The van der Waals surface area contributed by atoms with E-state index in [1.807, 2.05) is 48.5 Å².